The van der Waals surface area contributed by atoms with Gasteiger partial charge in [0.05, 0.1) is 5.41 Å². The zero-order chi connectivity index (χ0) is 23.3. The molecule has 1 N–H and O–H groups in total. The number of fused-ring (bicyclic) bond motifs is 4. The van der Waals surface area contributed by atoms with E-state index in [1.807, 2.05) is 13.8 Å². The highest BCUT2D eigenvalue weighted by molar-refractivity contribution is 6.08. The number of aliphatic hydroxyl groups excluding tert-OH is 1. The Morgan fingerprint density at radius 1 is 1.10 bits per heavy atom. The molecule has 0 aliphatic heterocycles. The second-order valence-corrected chi connectivity index (χ2v) is 9.58. The molecule has 7 heteroatoms. The van der Waals surface area contributed by atoms with Gasteiger partial charge in [-0.3, -0.25) is 19.2 Å². The SMILES string of the molecule is CC(=O)O[C@H]1C[C@H]2[C@@H](OC(C)=O)/C=C3\C[C@@](C)(C=CC3=O)C(=O)[C@H](O)C(=C1C)C2(C)C. The molecule has 0 unspecified atom stereocenters. The number of allylic oxidation sites excluding steroid dienone is 3. The van der Waals surface area contributed by atoms with Crippen molar-refractivity contribution in [3.8, 4) is 0 Å². The molecule has 0 saturated heterocycles. The Morgan fingerprint density at radius 3 is 2.29 bits per heavy atom. The first-order valence-corrected chi connectivity index (χ1v) is 10.5. The predicted molar refractivity (Wildman–Crippen MR) is 112 cm³/mol. The van der Waals surface area contributed by atoms with Gasteiger partial charge in [-0.25, -0.2) is 0 Å². The molecule has 5 atom stereocenters. The van der Waals surface area contributed by atoms with Crippen molar-refractivity contribution < 1.29 is 33.8 Å². The molecule has 0 fully saturated rings. The first-order valence-electron chi connectivity index (χ1n) is 10.5. The third kappa shape index (κ3) is 4.03. The van der Waals surface area contributed by atoms with Crippen molar-refractivity contribution in [2.75, 3.05) is 0 Å². The summed E-state index contributed by atoms with van der Waals surface area (Å²) in [6.07, 6.45) is 2.03. The second kappa shape index (κ2) is 7.86. The normalized spacial score (nSPS) is 36.4. The molecule has 3 rings (SSSR count). The van der Waals surface area contributed by atoms with E-state index in [-0.39, 0.29) is 12.2 Å². The number of carbonyl (C=O) groups is 4. The predicted octanol–water partition coefficient (Wildman–Crippen LogP) is 2.62. The smallest absolute Gasteiger partial charge is 0.303 e. The average Bonchev–Trinajstić information content (AvgIpc) is 2.64. The molecule has 0 aromatic heterocycles. The Kier molecular flexibility index (Phi) is 5.86. The van der Waals surface area contributed by atoms with Crippen LogP contribution in [0.25, 0.3) is 0 Å². The highest BCUT2D eigenvalue weighted by Crippen LogP contribution is 2.51. The summed E-state index contributed by atoms with van der Waals surface area (Å²) in [7, 11) is 0. The number of ether oxygens (including phenoxy) is 2. The van der Waals surface area contributed by atoms with Crippen LogP contribution in [0.1, 0.15) is 54.4 Å². The highest BCUT2D eigenvalue weighted by atomic mass is 16.5. The summed E-state index contributed by atoms with van der Waals surface area (Å²) in [5.74, 6) is -2.10. The van der Waals surface area contributed by atoms with Crippen LogP contribution < -0.4 is 0 Å². The van der Waals surface area contributed by atoms with E-state index >= 15 is 0 Å². The van der Waals surface area contributed by atoms with Crippen molar-refractivity contribution in [1.29, 1.82) is 0 Å². The number of hydrogen-bond acceptors (Lipinski definition) is 7. The molecule has 0 saturated carbocycles. The van der Waals surface area contributed by atoms with Crippen molar-refractivity contribution >= 4 is 23.5 Å². The minimum atomic E-state index is -1.45. The van der Waals surface area contributed by atoms with Crippen molar-refractivity contribution in [1.82, 2.24) is 0 Å². The molecule has 4 bridgehead atoms. The molecule has 0 spiro atoms. The van der Waals surface area contributed by atoms with Gasteiger partial charge in [0, 0.05) is 25.3 Å². The molecule has 0 aromatic rings. The quantitative estimate of drug-likeness (QED) is 0.530. The number of ketones is 2. The van der Waals surface area contributed by atoms with Crippen LogP contribution in [0.4, 0.5) is 0 Å². The summed E-state index contributed by atoms with van der Waals surface area (Å²) in [4.78, 5) is 49.7. The van der Waals surface area contributed by atoms with Crippen LogP contribution in [-0.2, 0) is 28.7 Å². The molecule has 3 aliphatic rings. The molecule has 31 heavy (non-hydrogen) atoms. The van der Waals surface area contributed by atoms with Crippen LogP contribution in [0.15, 0.2) is 34.9 Å². The van der Waals surface area contributed by atoms with Crippen LogP contribution in [0.3, 0.4) is 0 Å². The number of esters is 2. The lowest BCUT2D eigenvalue weighted by Gasteiger charge is -2.49. The van der Waals surface area contributed by atoms with E-state index < -0.39 is 52.8 Å². The first-order chi connectivity index (χ1) is 14.3. The van der Waals surface area contributed by atoms with E-state index in [4.69, 9.17) is 9.47 Å². The molecule has 0 heterocycles. The van der Waals surface area contributed by atoms with Crippen LogP contribution in [0.5, 0.6) is 0 Å². The third-order valence-electron chi connectivity index (χ3n) is 6.93. The van der Waals surface area contributed by atoms with E-state index in [1.165, 1.54) is 26.0 Å². The molecular formula is C24H30O7. The maximum absolute atomic E-state index is 13.5. The molecule has 0 radical (unpaired) electrons. The van der Waals surface area contributed by atoms with E-state index in [0.29, 0.717) is 23.1 Å². The van der Waals surface area contributed by atoms with Gasteiger partial charge in [-0.15, -0.1) is 0 Å². The highest BCUT2D eigenvalue weighted by Gasteiger charge is 2.52. The summed E-state index contributed by atoms with van der Waals surface area (Å²) >= 11 is 0. The maximum atomic E-state index is 13.5. The lowest BCUT2D eigenvalue weighted by Crippen LogP contribution is -2.51. The summed E-state index contributed by atoms with van der Waals surface area (Å²) in [5.41, 5.74) is -0.401. The van der Waals surface area contributed by atoms with Gasteiger partial charge < -0.3 is 14.6 Å². The molecule has 168 valence electrons. The monoisotopic (exact) mass is 430 g/mol. The Balaban J connectivity index is 2.30. The molecular weight excluding hydrogens is 400 g/mol. The fourth-order valence-corrected chi connectivity index (χ4v) is 5.32. The summed E-state index contributed by atoms with van der Waals surface area (Å²) in [6.45, 7) is 9.79. The third-order valence-corrected chi connectivity index (χ3v) is 6.93. The van der Waals surface area contributed by atoms with Gasteiger partial charge >= 0.3 is 11.9 Å². The summed E-state index contributed by atoms with van der Waals surface area (Å²) in [6, 6.07) is 0. The minimum Gasteiger partial charge on any atom is -0.458 e. The molecule has 7 nitrogen and oxygen atoms in total. The van der Waals surface area contributed by atoms with Gasteiger partial charge in [0.15, 0.2) is 11.6 Å². The summed E-state index contributed by atoms with van der Waals surface area (Å²) < 4.78 is 11.2. The van der Waals surface area contributed by atoms with Gasteiger partial charge in [0.2, 0.25) is 0 Å². The number of aliphatic hydroxyl groups is 1. The summed E-state index contributed by atoms with van der Waals surface area (Å²) in [5, 5.41) is 11.3. The Bertz CT molecular complexity index is 936. The Morgan fingerprint density at radius 2 is 1.71 bits per heavy atom. The van der Waals surface area contributed by atoms with E-state index in [0.717, 1.165) is 0 Å². The fraction of sp³-hybridized carbons (Fsp3) is 0.583. The Hall–Kier alpha value is -2.54. The largest absolute Gasteiger partial charge is 0.458 e. The number of Topliss-reactive ketones (excluding diaryl/α,β-unsaturated/α-hetero) is 1. The lowest BCUT2D eigenvalue weighted by atomic mass is 9.58. The van der Waals surface area contributed by atoms with Crippen molar-refractivity contribution in [2.24, 2.45) is 16.7 Å². The van der Waals surface area contributed by atoms with E-state index in [1.54, 1.807) is 19.9 Å². The standard InChI is InChI=1S/C24H30O7/c1-12-18(30-13(2)25)10-16-19(31-14(3)26)9-15-11-24(6,8-7-17(15)27)22(29)21(28)20(12)23(16,4)5/h7-9,16,18-19,21,28H,10-11H2,1-6H3/b15-9+/t16-,18-,19-,21+,24+/m0/s1. The van der Waals surface area contributed by atoms with Crippen molar-refractivity contribution in [3.05, 3.63) is 34.9 Å². The van der Waals surface area contributed by atoms with Crippen LogP contribution >= 0.6 is 0 Å². The molecule has 0 amide bonds. The maximum Gasteiger partial charge on any atom is 0.303 e. The molecule has 3 aliphatic carbocycles. The zero-order valence-corrected chi connectivity index (χ0v) is 18.9. The van der Waals surface area contributed by atoms with Crippen LogP contribution in [-0.4, -0.2) is 46.9 Å². The lowest BCUT2D eigenvalue weighted by molar-refractivity contribution is -0.154. The fourth-order valence-electron chi connectivity index (χ4n) is 5.32. The number of carbonyl (C=O) groups excluding carboxylic acids is 4. The Labute approximate surface area is 182 Å². The van der Waals surface area contributed by atoms with Gasteiger partial charge in [-0.05, 0) is 55.4 Å². The van der Waals surface area contributed by atoms with Gasteiger partial charge in [0.1, 0.15) is 18.3 Å². The van der Waals surface area contributed by atoms with Gasteiger partial charge in [0.25, 0.3) is 0 Å². The number of rotatable bonds is 2. The van der Waals surface area contributed by atoms with Crippen molar-refractivity contribution in [2.45, 2.75) is 72.7 Å². The van der Waals surface area contributed by atoms with Gasteiger partial charge in [-0.1, -0.05) is 19.9 Å². The van der Waals surface area contributed by atoms with Crippen LogP contribution in [0.2, 0.25) is 0 Å². The van der Waals surface area contributed by atoms with Crippen molar-refractivity contribution in [3.63, 3.8) is 0 Å². The average molecular weight is 430 g/mol. The molecule has 0 aromatic carbocycles. The van der Waals surface area contributed by atoms with Crippen LogP contribution in [0, 0.1) is 16.7 Å². The minimum absolute atomic E-state index is 0.114. The van der Waals surface area contributed by atoms with Gasteiger partial charge in [-0.2, -0.15) is 0 Å². The topological polar surface area (TPSA) is 107 Å². The number of hydrogen-bond donors (Lipinski definition) is 1. The van der Waals surface area contributed by atoms with E-state index in [2.05, 4.69) is 0 Å². The zero-order valence-electron chi connectivity index (χ0n) is 18.9. The van der Waals surface area contributed by atoms with E-state index in [9.17, 15) is 24.3 Å². The first kappa shape index (κ1) is 23.1. The second-order valence-electron chi connectivity index (χ2n) is 9.58.